The van der Waals surface area contributed by atoms with Crippen molar-refractivity contribution >= 4 is 21.9 Å². The molecule has 1 aromatic rings. The fraction of sp³-hybridized carbons (Fsp3) is 0.417. The molecule has 1 rings (SSSR count). The van der Waals surface area contributed by atoms with E-state index >= 15 is 0 Å². The SMILES string of the molecule is O=C(O)Cc1cccc(C(O)C(O)CCBr)c1. The molecule has 3 N–H and O–H groups in total. The summed E-state index contributed by atoms with van der Waals surface area (Å²) >= 11 is 3.19. The molecule has 0 saturated carbocycles. The summed E-state index contributed by atoms with van der Waals surface area (Å²) < 4.78 is 0. The van der Waals surface area contributed by atoms with E-state index in [1.165, 1.54) is 0 Å². The topological polar surface area (TPSA) is 77.8 Å². The highest BCUT2D eigenvalue weighted by Gasteiger charge is 2.18. The molecule has 0 amide bonds. The summed E-state index contributed by atoms with van der Waals surface area (Å²) in [6, 6.07) is 6.64. The van der Waals surface area contributed by atoms with E-state index in [0.717, 1.165) is 0 Å². The lowest BCUT2D eigenvalue weighted by molar-refractivity contribution is -0.136. The average molecular weight is 303 g/mol. The minimum absolute atomic E-state index is 0.0882. The molecule has 0 spiro atoms. The van der Waals surface area contributed by atoms with E-state index in [1.54, 1.807) is 24.3 Å². The second kappa shape index (κ2) is 6.74. The molecule has 0 aliphatic carbocycles. The third kappa shape index (κ3) is 4.46. The second-order valence-electron chi connectivity index (χ2n) is 3.81. The first-order valence-corrected chi connectivity index (χ1v) is 6.39. The zero-order chi connectivity index (χ0) is 12.8. The van der Waals surface area contributed by atoms with Gasteiger partial charge in [-0.3, -0.25) is 4.79 Å². The van der Waals surface area contributed by atoms with Gasteiger partial charge in [-0.05, 0) is 17.5 Å². The van der Waals surface area contributed by atoms with E-state index < -0.39 is 18.2 Å². The van der Waals surface area contributed by atoms with E-state index in [2.05, 4.69) is 15.9 Å². The van der Waals surface area contributed by atoms with Gasteiger partial charge in [-0.15, -0.1) is 0 Å². The Bertz CT molecular complexity index is 381. The number of carboxylic acid groups (broad SMARTS) is 1. The molecule has 1 aromatic carbocycles. The highest BCUT2D eigenvalue weighted by molar-refractivity contribution is 9.09. The van der Waals surface area contributed by atoms with Gasteiger partial charge in [0.05, 0.1) is 12.5 Å². The van der Waals surface area contributed by atoms with E-state index in [0.29, 0.717) is 22.9 Å². The lowest BCUT2D eigenvalue weighted by Gasteiger charge is -2.17. The number of alkyl halides is 1. The van der Waals surface area contributed by atoms with Crippen LogP contribution in [0.5, 0.6) is 0 Å². The lowest BCUT2D eigenvalue weighted by Crippen LogP contribution is -2.18. The van der Waals surface area contributed by atoms with Gasteiger partial charge < -0.3 is 15.3 Å². The van der Waals surface area contributed by atoms with Crippen LogP contribution in [0.15, 0.2) is 24.3 Å². The van der Waals surface area contributed by atoms with Crippen LogP contribution in [0.3, 0.4) is 0 Å². The predicted molar refractivity (Wildman–Crippen MR) is 67.2 cm³/mol. The van der Waals surface area contributed by atoms with Crippen LogP contribution >= 0.6 is 15.9 Å². The van der Waals surface area contributed by atoms with Gasteiger partial charge in [0.25, 0.3) is 0 Å². The molecule has 94 valence electrons. The summed E-state index contributed by atoms with van der Waals surface area (Å²) in [6.45, 7) is 0. The monoisotopic (exact) mass is 302 g/mol. The van der Waals surface area contributed by atoms with Crippen LogP contribution in [0.4, 0.5) is 0 Å². The molecule has 17 heavy (non-hydrogen) atoms. The Hall–Kier alpha value is -0.910. The van der Waals surface area contributed by atoms with Crippen molar-refractivity contribution in [1.29, 1.82) is 0 Å². The molecule has 2 unspecified atom stereocenters. The van der Waals surface area contributed by atoms with Crippen molar-refractivity contribution in [2.45, 2.75) is 25.0 Å². The van der Waals surface area contributed by atoms with Gasteiger partial charge in [0.2, 0.25) is 0 Å². The van der Waals surface area contributed by atoms with Gasteiger partial charge in [0, 0.05) is 5.33 Å². The lowest BCUT2D eigenvalue weighted by atomic mass is 9.99. The second-order valence-corrected chi connectivity index (χ2v) is 4.60. The number of aliphatic hydroxyl groups is 2. The normalized spacial score (nSPS) is 14.3. The first-order chi connectivity index (χ1) is 8.04. The molecule has 0 aliphatic heterocycles. The molecule has 0 aromatic heterocycles. The van der Waals surface area contributed by atoms with Gasteiger partial charge in [-0.1, -0.05) is 40.2 Å². The molecule has 0 radical (unpaired) electrons. The standard InChI is InChI=1S/C12H15BrO4/c13-5-4-10(14)12(17)9-3-1-2-8(6-9)7-11(15)16/h1-3,6,10,12,14,17H,4-5,7H2,(H,15,16). The fourth-order valence-electron chi connectivity index (χ4n) is 1.55. The highest BCUT2D eigenvalue weighted by Crippen LogP contribution is 2.20. The van der Waals surface area contributed by atoms with Crippen molar-refractivity contribution in [3.05, 3.63) is 35.4 Å². The van der Waals surface area contributed by atoms with Crippen LogP contribution < -0.4 is 0 Å². The van der Waals surface area contributed by atoms with Crippen molar-refractivity contribution < 1.29 is 20.1 Å². The number of aliphatic hydroxyl groups excluding tert-OH is 2. The maximum Gasteiger partial charge on any atom is 0.307 e. The van der Waals surface area contributed by atoms with Crippen LogP contribution in [0.25, 0.3) is 0 Å². The molecule has 0 bridgehead atoms. The molecule has 0 saturated heterocycles. The smallest absolute Gasteiger partial charge is 0.307 e. The largest absolute Gasteiger partial charge is 0.481 e. The summed E-state index contributed by atoms with van der Waals surface area (Å²) in [6.07, 6.45) is -1.49. The number of halogens is 1. The quantitative estimate of drug-likeness (QED) is 0.696. The third-order valence-corrected chi connectivity index (χ3v) is 2.88. The van der Waals surface area contributed by atoms with Gasteiger partial charge >= 0.3 is 5.97 Å². The summed E-state index contributed by atoms with van der Waals surface area (Å²) in [5.74, 6) is -0.919. The Kier molecular flexibility index (Phi) is 5.61. The van der Waals surface area contributed by atoms with E-state index in [1.807, 2.05) is 0 Å². The van der Waals surface area contributed by atoms with Crippen LogP contribution in [0.2, 0.25) is 0 Å². The molecule has 0 fully saturated rings. The molecule has 0 heterocycles. The van der Waals surface area contributed by atoms with Gasteiger partial charge in [-0.2, -0.15) is 0 Å². The number of carboxylic acids is 1. The minimum Gasteiger partial charge on any atom is -0.481 e. The molecule has 2 atom stereocenters. The predicted octanol–water partition coefficient (Wildman–Crippen LogP) is 1.49. The van der Waals surface area contributed by atoms with Gasteiger partial charge in [-0.25, -0.2) is 0 Å². The molecule has 0 aliphatic rings. The number of aliphatic carboxylic acids is 1. The van der Waals surface area contributed by atoms with Crippen molar-refractivity contribution in [1.82, 2.24) is 0 Å². The summed E-state index contributed by atoms with van der Waals surface area (Å²) in [7, 11) is 0. The van der Waals surface area contributed by atoms with E-state index in [-0.39, 0.29) is 6.42 Å². The maximum atomic E-state index is 10.6. The maximum absolute atomic E-state index is 10.6. The van der Waals surface area contributed by atoms with Crippen molar-refractivity contribution in [3.63, 3.8) is 0 Å². The minimum atomic E-state index is -0.985. The van der Waals surface area contributed by atoms with E-state index in [9.17, 15) is 15.0 Å². The zero-order valence-electron chi connectivity index (χ0n) is 9.21. The van der Waals surface area contributed by atoms with E-state index in [4.69, 9.17) is 5.11 Å². The Morgan fingerprint density at radius 3 is 2.65 bits per heavy atom. The summed E-state index contributed by atoms with van der Waals surface area (Å²) in [4.78, 5) is 10.6. The molecule has 4 nitrogen and oxygen atoms in total. The van der Waals surface area contributed by atoms with Crippen molar-refractivity contribution in [2.75, 3.05) is 5.33 Å². The van der Waals surface area contributed by atoms with Crippen LogP contribution in [0, 0.1) is 0 Å². The van der Waals surface area contributed by atoms with Gasteiger partial charge in [0.15, 0.2) is 0 Å². The zero-order valence-corrected chi connectivity index (χ0v) is 10.8. The molecular weight excluding hydrogens is 288 g/mol. The Labute approximate surface area is 108 Å². The van der Waals surface area contributed by atoms with Crippen LogP contribution in [0.1, 0.15) is 23.7 Å². The number of hydrogen-bond acceptors (Lipinski definition) is 3. The first-order valence-electron chi connectivity index (χ1n) is 5.27. The Morgan fingerprint density at radius 2 is 2.06 bits per heavy atom. The molecular formula is C12H15BrO4. The summed E-state index contributed by atoms with van der Waals surface area (Å²) in [5.41, 5.74) is 1.15. The fourth-order valence-corrected chi connectivity index (χ4v) is 2.02. The van der Waals surface area contributed by atoms with Crippen molar-refractivity contribution in [3.8, 4) is 0 Å². The Balaban J connectivity index is 2.79. The highest BCUT2D eigenvalue weighted by atomic mass is 79.9. The molecule has 5 heteroatoms. The van der Waals surface area contributed by atoms with Crippen molar-refractivity contribution in [2.24, 2.45) is 0 Å². The Morgan fingerprint density at radius 1 is 1.35 bits per heavy atom. The first kappa shape index (κ1) is 14.2. The number of hydrogen-bond donors (Lipinski definition) is 3. The number of carbonyl (C=O) groups is 1. The average Bonchev–Trinajstić information content (AvgIpc) is 2.28. The third-order valence-electron chi connectivity index (χ3n) is 2.42. The number of benzene rings is 1. The van der Waals surface area contributed by atoms with Crippen LogP contribution in [-0.4, -0.2) is 32.7 Å². The van der Waals surface area contributed by atoms with Gasteiger partial charge in [0.1, 0.15) is 6.10 Å². The van der Waals surface area contributed by atoms with Crippen LogP contribution in [-0.2, 0) is 11.2 Å². The summed E-state index contributed by atoms with van der Waals surface area (Å²) in [5, 5.41) is 28.8. The number of rotatable bonds is 6.